The minimum Gasteiger partial charge on any atom is -0.481 e. The smallest absolute Gasteiger partial charge is 0.311 e. The maximum atomic E-state index is 13.4. The Bertz CT molecular complexity index is 418. The summed E-state index contributed by atoms with van der Waals surface area (Å²) in [5, 5.41) is 8.94. The Balaban J connectivity index is 3.19. The fraction of sp³-hybridized carbons (Fsp3) is 0.364. The number of carboxylic acids is 1. The molecule has 0 aliphatic heterocycles. The van der Waals surface area contributed by atoms with Gasteiger partial charge in [-0.2, -0.15) is 0 Å². The zero-order chi connectivity index (χ0) is 12.5. The molecular formula is C11H13F2NO2. The van der Waals surface area contributed by atoms with Crippen molar-refractivity contribution in [3.63, 3.8) is 0 Å². The predicted molar refractivity (Wildman–Crippen MR) is 54.7 cm³/mol. The number of carboxylic acid groups (broad SMARTS) is 1. The van der Waals surface area contributed by atoms with Crippen LogP contribution in [0.1, 0.15) is 25.5 Å². The molecule has 0 bridgehead atoms. The van der Waals surface area contributed by atoms with Gasteiger partial charge in [0.25, 0.3) is 0 Å². The first-order chi connectivity index (χ1) is 7.26. The van der Waals surface area contributed by atoms with Crippen molar-refractivity contribution in [3.8, 4) is 0 Å². The Morgan fingerprint density at radius 1 is 1.44 bits per heavy atom. The number of halogens is 2. The highest BCUT2D eigenvalue weighted by Crippen LogP contribution is 2.33. The number of carbonyl (C=O) groups is 1. The van der Waals surface area contributed by atoms with Gasteiger partial charge in [0, 0.05) is 11.6 Å². The summed E-state index contributed by atoms with van der Waals surface area (Å²) in [6.45, 7) is 2.73. The standard InChI is InChI=1S/C11H13F2NO2/c1-11(2,10(15)16)9(14)7-5-6(12)3-4-8(7)13/h3-5,9H,14H2,1-2H3,(H,15,16). The quantitative estimate of drug-likeness (QED) is 0.834. The lowest BCUT2D eigenvalue weighted by Gasteiger charge is -2.27. The van der Waals surface area contributed by atoms with E-state index in [-0.39, 0.29) is 5.56 Å². The molecule has 5 heteroatoms. The summed E-state index contributed by atoms with van der Waals surface area (Å²) >= 11 is 0. The first kappa shape index (κ1) is 12.6. The monoisotopic (exact) mass is 229 g/mol. The zero-order valence-corrected chi connectivity index (χ0v) is 9.00. The molecule has 0 heterocycles. The third kappa shape index (κ3) is 2.19. The predicted octanol–water partition coefficient (Wildman–Crippen LogP) is 2.08. The molecule has 0 fully saturated rings. The molecule has 0 saturated carbocycles. The molecule has 1 rings (SSSR count). The SMILES string of the molecule is CC(C)(C(=O)O)C(N)c1cc(F)ccc1F. The Morgan fingerprint density at radius 3 is 2.50 bits per heavy atom. The zero-order valence-electron chi connectivity index (χ0n) is 9.00. The Hall–Kier alpha value is -1.49. The second-order valence-electron chi connectivity index (χ2n) is 4.17. The van der Waals surface area contributed by atoms with Gasteiger partial charge in [0.2, 0.25) is 0 Å². The molecule has 0 aliphatic rings. The lowest BCUT2D eigenvalue weighted by atomic mass is 9.81. The molecule has 0 aliphatic carbocycles. The van der Waals surface area contributed by atoms with Crippen molar-refractivity contribution in [1.29, 1.82) is 0 Å². The molecule has 1 unspecified atom stereocenters. The lowest BCUT2D eigenvalue weighted by Crippen LogP contribution is -2.37. The molecule has 1 atom stereocenters. The first-order valence-corrected chi connectivity index (χ1v) is 4.70. The molecule has 0 radical (unpaired) electrons. The number of benzene rings is 1. The van der Waals surface area contributed by atoms with Crippen LogP contribution in [-0.2, 0) is 4.79 Å². The minimum atomic E-state index is -1.37. The summed E-state index contributed by atoms with van der Waals surface area (Å²) in [6.07, 6.45) is 0. The summed E-state index contributed by atoms with van der Waals surface area (Å²) < 4.78 is 26.3. The molecule has 3 N–H and O–H groups in total. The number of rotatable bonds is 3. The molecule has 0 aromatic heterocycles. The van der Waals surface area contributed by atoms with Gasteiger partial charge in [0.15, 0.2) is 0 Å². The van der Waals surface area contributed by atoms with Crippen LogP contribution < -0.4 is 5.73 Å². The molecule has 1 aromatic rings. The van der Waals surface area contributed by atoms with Gasteiger partial charge in [-0.15, -0.1) is 0 Å². The summed E-state index contributed by atoms with van der Waals surface area (Å²) in [6, 6.07) is 1.70. The Labute approximate surface area is 91.9 Å². The van der Waals surface area contributed by atoms with E-state index in [1.807, 2.05) is 0 Å². The van der Waals surface area contributed by atoms with Crippen LogP contribution in [0.4, 0.5) is 8.78 Å². The third-order valence-corrected chi connectivity index (χ3v) is 2.62. The highest BCUT2D eigenvalue weighted by atomic mass is 19.1. The van der Waals surface area contributed by atoms with E-state index in [0.29, 0.717) is 0 Å². The molecule has 0 amide bonds. The molecule has 3 nitrogen and oxygen atoms in total. The minimum absolute atomic E-state index is 0.132. The Kier molecular flexibility index (Phi) is 3.28. The van der Waals surface area contributed by atoms with Crippen molar-refractivity contribution < 1.29 is 18.7 Å². The highest BCUT2D eigenvalue weighted by molar-refractivity contribution is 5.75. The summed E-state index contributed by atoms with van der Waals surface area (Å²) in [4.78, 5) is 10.9. The van der Waals surface area contributed by atoms with Crippen molar-refractivity contribution >= 4 is 5.97 Å². The summed E-state index contributed by atoms with van der Waals surface area (Å²) in [5.74, 6) is -2.51. The van der Waals surface area contributed by atoms with Gasteiger partial charge in [-0.1, -0.05) is 0 Å². The molecule has 0 spiro atoms. The first-order valence-electron chi connectivity index (χ1n) is 4.70. The van der Waals surface area contributed by atoms with Crippen molar-refractivity contribution in [3.05, 3.63) is 35.4 Å². The van der Waals surface area contributed by atoms with Crippen molar-refractivity contribution in [2.24, 2.45) is 11.1 Å². The van der Waals surface area contributed by atoms with Crippen LogP contribution >= 0.6 is 0 Å². The largest absolute Gasteiger partial charge is 0.481 e. The van der Waals surface area contributed by atoms with E-state index in [0.717, 1.165) is 18.2 Å². The van der Waals surface area contributed by atoms with E-state index < -0.39 is 29.1 Å². The van der Waals surface area contributed by atoms with Gasteiger partial charge in [0.1, 0.15) is 11.6 Å². The Morgan fingerprint density at radius 2 is 2.00 bits per heavy atom. The number of hydrogen-bond acceptors (Lipinski definition) is 2. The van der Waals surface area contributed by atoms with E-state index in [4.69, 9.17) is 10.8 Å². The number of nitrogens with two attached hydrogens (primary N) is 1. The van der Waals surface area contributed by atoms with Gasteiger partial charge >= 0.3 is 5.97 Å². The van der Waals surface area contributed by atoms with E-state index in [2.05, 4.69) is 0 Å². The van der Waals surface area contributed by atoms with Crippen LogP contribution in [0.3, 0.4) is 0 Å². The molecule has 16 heavy (non-hydrogen) atoms. The van der Waals surface area contributed by atoms with Crippen LogP contribution in [-0.4, -0.2) is 11.1 Å². The maximum Gasteiger partial charge on any atom is 0.311 e. The third-order valence-electron chi connectivity index (χ3n) is 2.62. The van der Waals surface area contributed by atoms with E-state index in [1.165, 1.54) is 13.8 Å². The fourth-order valence-electron chi connectivity index (χ4n) is 1.27. The van der Waals surface area contributed by atoms with Crippen LogP contribution in [0.2, 0.25) is 0 Å². The molecule has 0 saturated heterocycles. The van der Waals surface area contributed by atoms with Crippen molar-refractivity contribution in [1.82, 2.24) is 0 Å². The van der Waals surface area contributed by atoms with Gasteiger partial charge in [-0.25, -0.2) is 8.78 Å². The van der Waals surface area contributed by atoms with E-state index in [9.17, 15) is 13.6 Å². The highest BCUT2D eigenvalue weighted by Gasteiger charge is 2.36. The van der Waals surface area contributed by atoms with E-state index in [1.54, 1.807) is 0 Å². The summed E-state index contributed by atoms with van der Waals surface area (Å²) in [7, 11) is 0. The van der Waals surface area contributed by atoms with Gasteiger partial charge < -0.3 is 10.8 Å². The van der Waals surface area contributed by atoms with Gasteiger partial charge in [-0.3, -0.25) is 4.79 Å². The topological polar surface area (TPSA) is 63.3 Å². The van der Waals surface area contributed by atoms with Crippen LogP contribution in [0.5, 0.6) is 0 Å². The maximum absolute atomic E-state index is 13.4. The van der Waals surface area contributed by atoms with Gasteiger partial charge in [0.05, 0.1) is 5.41 Å². The van der Waals surface area contributed by atoms with Crippen LogP contribution in [0.15, 0.2) is 18.2 Å². The van der Waals surface area contributed by atoms with E-state index >= 15 is 0 Å². The second-order valence-corrected chi connectivity index (χ2v) is 4.17. The number of hydrogen-bond donors (Lipinski definition) is 2. The average molecular weight is 229 g/mol. The normalized spacial score (nSPS) is 13.6. The number of aliphatic carboxylic acids is 1. The van der Waals surface area contributed by atoms with Crippen LogP contribution in [0.25, 0.3) is 0 Å². The fourth-order valence-corrected chi connectivity index (χ4v) is 1.27. The summed E-state index contributed by atoms with van der Waals surface area (Å²) in [5.41, 5.74) is 4.16. The molecule has 1 aromatic carbocycles. The molecule has 88 valence electrons. The average Bonchev–Trinajstić information content (AvgIpc) is 2.20. The van der Waals surface area contributed by atoms with Crippen LogP contribution in [0, 0.1) is 17.0 Å². The van der Waals surface area contributed by atoms with Crippen molar-refractivity contribution in [2.45, 2.75) is 19.9 Å². The van der Waals surface area contributed by atoms with Gasteiger partial charge in [-0.05, 0) is 32.0 Å². The second kappa shape index (κ2) is 4.17. The van der Waals surface area contributed by atoms with Crippen molar-refractivity contribution in [2.75, 3.05) is 0 Å². The lowest BCUT2D eigenvalue weighted by molar-refractivity contribution is -0.148. The molecular weight excluding hydrogens is 216 g/mol.